The van der Waals surface area contributed by atoms with Crippen LogP contribution in [-0.4, -0.2) is 15.7 Å². The molecule has 2 aromatic heterocycles. The van der Waals surface area contributed by atoms with E-state index in [1.54, 1.807) is 24.3 Å². The number of benzene rings is 2. The van der Waals surface area contributed by atoms with Crippen LogP contribution in [0.2, 0.25) is 10.0 Å². The number of ether oxygens (including phenoxy) is 1. The molecule has 4 aromatic rings. The normalized spacial score (nSPS) is 10.9. The van der Waals surface area contributed by atoms with Gasteiger partial charge in [-0.05, 0) is 36.4 Å². The van der Waals surface area contributed by atoms with Crippen LogP contribution in [-0.2, 0) is 13.2 Å². The molecule has 0 spiro atoms. The summed E-state index contributed by atoms with van der Waals surface area (Å²) in [7, 11) is 0. The first-order valence-electron chi connectivity index (χ1n) is 9.33. The van der Waals surface area contributed by atoms with Gasteiger partial charge in [-0.25, -0.2) is 8.78 Å². The highest BCUT2D eigenvalue weighted by Crippen LogP contribution is 2.26. The number of amides is 1. The molecule has 0 aliphatic carbocycles. The van der Waals surface area contributed by atoms with Crippen molar-refractivity contribution in [2.75, 3.05) is 5.32 Å². The lowest BCUT2D eigenvalue weighted by Crippen LogP contribution is -2.12. The van der Waals surface area contributed by atoms with Crippen molar-refractivity contribution in [1.82, 2.24) is 9.78 Å². The summed E-state index contributed by atoms with van der Waals surface area (Å²) in [5, 5.41) is 7.05. The molecule has 0 radical (unpaired) electrons. The van der Waals surface area contributed by atoms with E-state index >= 15 is 0 Å². The van der Waals surface area contributed by atoms with Crippen LogP contribution in [0.25, 0.3) is 0 Å². The van der Waals surface area contributed by atoms with Crippen LogP contribution in [0.5, 0.6) is 5.75 Å². The van der Waals surface area contributed by atoms with Gasteiger partial charge >= 0.3 is 0 Å². The molecule has 6 nitrogen and oxygen atoms in total. The Morgan fingerprint density at radius 3 is 2.69 bits per heavy atom. The fourth-order valence-electron chi connectivity index (χ4n) is 2.85. The Labute approximate surface area is 191 Å². The molecular weight excluding hydrogens is 463 g/mol. The van der Waals surface area contributed by atoms with Crippen molar-refractivity contribution in [2.24, 2.45) is 0 Å². The molecule has 0 aliphatic heterocycles. The van der Waals surface area contributed by atoms with Crippen LogP contribution in [0.15, 0.2) is 65.2 Å². The zero-order valence-electron chi connectivity index (χ0n) is 16.3. The lowest BCUT2D eigenvalue weighted by Gasteiger charge is -2.06. The highest BCUT2D eigenvalue weighted by atomic mass is 35.5. The van der Waals surface area contributed by atoms with Crippen molar-refractivity contribution < 1.29 is 22.7 Å². The summed E-state index contributed by atoms with van der Waals surface area (Å²) in [6, 6.07) is 13.1. The number of hydrogen-bond donors (Lipinski definition) is 1. The Morgan fingerprint density at radius 2 is 1.91 bits per heavy atom. The number of anilines is 1. The third kappa shape index (κ3) is 5.09. The van der Waals surface area contributed by atoms with Crippen LogP contribution in [0.3, 0.4) is 0 Å². The summed E-state index contributed by atoms with van der Waals surface area (Å²) in [5.74, 6) is -0.663. The number of carbonyl (C=O) groups is 1. The highest BCUT2D eigenvalue weighted by molar-refractivity contribution is 6.33. The number of furan rings is 1. The summed E-state index contributed by atoms with van der Waals surface area (Å²) in [4.78, 5) is 12.5. The number of nitrogens with zero attached hydrogens (tertiary/aromatic N) is 2. The summed E-state index contributed by atoms with van der Waals surface area (Å²) < 4.78 is 39.3. The number of carbonyl (C=O) groups excluding carboxylic acids is 1. The standard InChI is InChI=1S/C22H15Cl2F2N3O3/c23-16-9-14(25)5-7-19(16)31-12-15-6-8-20(32-15)22(30)27-21-17(24)11-29(28-21)10-13-3-1-2-4-18(13)26/h1-9,11H,10,12H2,(H,27,28,30). The second-order valence-electron chi connectivity index (χ2n) is 6.70. The number of hydrogen-bond acceptors (Lipinski definition) is 4. The molecule has 164 valence electrons. The van der Waals surface area contributed by atoms with E-state index in [0.29, 0.717) is 11.3 Å². The fraction of sp³-hybridized carbons (Fsp3) is 0.0909. The molecule has 2 aromatic carbocycles. The monoisotopic (exact) mass is 477 g/mol. The average molecular weight is 478 g/mol. The zero-order valence-corrected chi connectivity index (χ0v) is 17.8. The second-order valence-corrected chi connectivity index (χ2v) is 7.51. The first-order chi connectivity index (χ1) is 15.4. The summed E-state index contributed by atoms with van der Waals surface area (Å²) in [5.41, 5.74) is 0.432. The molecule has 0 atom stereocenters. The Balaban J connectivity index is 1.39. The molecular formula is C22H15Cl2F2N3O3. The zero-order chi connectivity index (χ0) is 22.7. The maximum absolute atomic E-state index is 13.8. The third-order valence-electron chi connectivity index (χ3n) is 4.39. The van der Waals surface area contributed by atoms with Gasteiger partial charge in [-0.15, -0.1) is 0 Å². The van der Waals surface area contributed by atoms with E-state index in [-0.39, 0.29) is 46.3 Å². The van der Waals surface area contributed by atoms with E-state index < -0.39 is 11.7 Å². The Bertz CT molecular complexity index is 1270. The number of nitrogens with one attached hydrogen (secondary N) is 1. The second kappa shape index (κ2) is 9.42. The molecule has 4 rings (SSSR count). The first-order valence-corrected chi connectivity index (χ1v) is 10.1. The van der Waals surface area contributed by atoms with Gasteiger partial charge in [-0.2, -0.15) is 5.10 Å². The molecule has 0 fully saturated rings. The molecule has 1 amide bonds. The van der Waals surface area contributed by atoms with Gasteiger partial charge in [0.15, 0.2) is 11.6 Å². The van der Waals surface area contributed by atoms with Crippen molar-refractivity contribution in [3.63, 3.8) is 0 Å². The number of halogens is 4. The molecule has 0 aliphatic rings. The van der Waals surface area contributed by atoms with Crippen LogP contribution < -0.4 is 10.1 Å². The molecule has 2 heterocycles. The molecule has 10 heteroatoms. The van der Waals surface area contributed by atoms with Gasteiger partial charge in [0, 0.05) is 11.8 Å². The molecule has 0 saturated carbocycles. The van der Waals surface area contributed by atoms with Crippen molar-refractivity contribution >= 4 is 34.9 Å². The van der Waals surface area contributed by atoms with Crippen LogP contribution in [0.4, 0.5) is 14.6 Å². The van der Waals surface area contributed by atoms with Gasteiger partial charge < -0.3 is 14.5 Å². The lowest BCUT2D eigenvalue weighted by atomic mass is 10.2. The van der Waals surface area contributed by atoms with Gasteiger partial charge in [0.05, 0.1) is 11.6 Å². The highest BCUT2D eigenvalue weighted by Gasteiger charge is 2.17. The SMILES string of the molecule is O=C(Nc1nn(Cc2ccccc2F)cc1Cl)c1ccc(COc2ccc(F)cc2Cl)o1. The molecule has 32 heavy (non-hydrogen) atoms. The maximum atomic E-state index is 13.8. The largest absolute Gasteiger partial charge is 0.484 e. The minimum absolute atomic E-state index is 0.00789. The number of aromatic nitrogens is 2. The summed E-state index contributed by atoms with van der Waals surface area (Å²) in [6.45, 7) is 0.132. The van der Waals surface area contributed by atoms with Crippen molar-refractivity contribution in [3.8, 4) is 5.75 Å². The van der Waals surface area contributed by atoms with E-state index in [1.165, 1.54) is 35.1 Å². The van der Waals surface area contributed by atoms with Crippen molar-refractivity contribution in [1.29, 1.82) is 0 Å². The smallest absolute Gasteiger partial charge is 0.292 e. The predicted molar refractivity (Wildman–Crippen MR) is 115 cm³/mol. The van der Waals surface area contributed by atoms with E-state index in [9.17, 15) is 13.6 Å². The van der Waals surface area contributed by atoms with Crippen LogP contribution in [0.1, 0.15) is 21.9 Å². The van der Waals surface area contributed by atoms with Gasteiger partial charge in [0.25, 0.3) is 5.91 Å². The predicted octanol–water partition coefficient (Wildman–Crippen LogP) is 5.94. The first kappa shape index (κ1) is 21.9. The van der Waals surface area contributed by atoms with Gasteiger partial charge in [0.1, 0.15) is 34.8 Å². The van der Waals surface area contributed by atoms with Gasteiger partial charge in [-0.1, -0.05) is 41.4 Å². The van der Waals surface area contributed by atoms with E-state index in [2.05, 4.69) is 10.4 Å². The molecule has 1 N–H and O–H groups in total. The summed E-state index contributed by atoms with van der Waals surface area (Å²) in [6.07, 6.45) is 1.48. The quantitative estimate of drug-likeness (QED) is 0.357. The Morgan fingerprint density at radius 1 is 1.09 bits per heavy atom. The minimum atomic E-state index is -0.575. The minimum Gasteiger partial charge on any atom is -0.484 e. The van der Waals surface area contributed by atoms with E-state index in [0.717, 1.165) is 6.07 Å². The maximum Gasteiger partial charge on any atom is 0.292 e. The van der Waals surface area contributed by atoms with E-state index in [1.807, 2.05) is 0 Å². The van der Waals surface area contributed by atoms with Gasteiger partial charge in [-0.3, -0.25) is 9.48 Å². The van der Waals surface area contributed by atoms with Crippen molar-refractivity contribution in [2.45, 2.75) is 13.2 Å². The van der Waals surface area contributed by atoms with Gasteiger partial charge in [0.2, 0.25) is 0 Å². The van der Waals surface area contributed by atoms with Crippen LogP contribution in [0, 0.1) is 11.6 Å². The lowest BCUT2D eigenvalue weighted by molar-refractivity contribution is 0.0992. The molecule has 0 unspecified atom stereocenters. The summed E-state index contributed by atoms with van der Waals surface area (Å²) >= 11 is 12.1. The average Bonchev–Trinajstić information content (AvgIpc) is 3.36. The molecule has 0 bridgehead atoms. The van der Waals surface area contributed by atoms with Crippen LogP contribution >= 0.6 is 23.2 Å². The number of rotatable bonds is 7. The topological polar surface area (TPSA) is 69.3 Å². The van der Waals surface area contributed by atoms with E-state index in [4.69, 9.17) is 32.4 Å². The fourth-order valence-corrected chi connectivity index (χ4v) is 3.27. The van der Waals surface area contributed by atoms with Crippen molar-refractivity contribution in [3.05, 3.63) is 99.6 Å². The molecule has 0 saturated heterocycles. The Hall–Kier alpha value is -3.36. The third-order valence-corrected chi connectivity index (χ3v) is 4.96. The Kier molecular flexibility index (Phi) is 6.43.